The van der Waals surface area contributed by atoms with Crippen LogP contribution in [0.1, 0.15) is 16.2 Å². The minimum Gasteiger partial charge on any atom is -0.375 e. The number of hydrogen-bond acceptors (Lipinski definition) is 6. The van der Waals surface area contributed by atoms with E-state index in [1.165, 1.54) is 17.7 Å². The van der Waals surface area contributed by atoms with Crippen molar-refractivity contribution < 1.29 is 4.79 Å². The van der Waals surface area contributed by atoms with Crippen LogP contribution in [-0.4, -0.2) is 38.0 Å². The topological polar surface area (TPSA) is 101 Å². The van der Waals surface area contributed by atoms with Crippen LogP contribution in [0.4, 0.5) is 5.13 Å². The van der Waals surface area contributed by atoms with Gasteiger partial charge in [0.25, 0.3) is 5.91 Å². The number of nitrogen functional groups attached to an aromatic ring is 1. The average molecular weight is 288 g/mol. The molecule has 1 amide bonds. The Balaban J connectivity index is 1.83. The molecule has 0 saturated carbocycles. The van der Waals surface area contributed by atoms with Crippen LogP contribution in [0.5, 0.6) is 0 Å². The Bertz CT molecular complexity index is 750. The van der Waals surface area contributed by atoms with Crippen LogP contribution in [0.2, 0.25) is 0 Å². The maximum Gasteiger partial charge on any atom is 0.254 e. The molecule has 0 unspecified atom stereocenters. The summed E-state index contributed by atoms with van der Waals surface area (Å²) in [6.45, 7) is 0.377. The van der Waals surface area contributed by atoms with Crippen LogP contribution in [0, 0.1) is 0 Å². The van der Waals surface area contributed by atoms with Gasteiger partial charge in [-0.25, -0.2) is 9.97 Å². The highest BCUT2D eigenvalue weighted by molar-refractivity contribution is 7.22. The Hall–Kier alpha value is -2.48. The van der Waals surface area contributed by atoms with Crippen molar-refractivity contribution >= 4 is 32.6 Å². The van der Waals surface area contributed by atoms with Crippen LogP contribution in [0.25, 0.3) is 10.2 Å². The molecule has 0 aliphatic rings. The lowest BCUT2D eigenvalue weighted by Crippen LogP contribution is -2.26. The predicted molar refractivity (Wildman–Crippen MR) is 76.2 cm³/mol. The molecule has 0 atom stereocenters. The van der Waals surface area contributed by atoms with Gasteiger partial charge in [-0.3, -0.25) is 9.89 Å². The van der Waals surface area contributed by atoms with Gasteiger partial charge < -0.3 is 10.6 Å². The van der Waals surface area contributed by atoms with Crippen molar-refractivity contribution in [2.45, 2.75) is 6.54 Å². The number of hydrogen-bond donors (Lipinski definition) is 2. The number of rotatable bonds is 3. The number of fused-ring (bicyclic) bond motifs is 1. The Morgan fingerprint density at radius 3 is 3.10 bits per heavy atom. The quantitative estimate of drug-likeness (QED) is 0.755. The molecule has 0 aliphatic heterocycles. The molecule has 3 N–H and O–H groups in total. The fraction of sp³-hybridized carbons (Fsp3) is 0.167. The van der Waals surface area contributed by atoms with Gasteiger partial charge in [0.1, 0.15) is 12.2 Å². The second kappa shape index (κ2) is 4.89. The highest BCUT2D eigenvalue weighted by Crippen LogP contribution is 2.25. The van der Waals surface area contributed by atoms with Crippen LogP contribution < -0.4 is 5.73 Å². The van der Waals surface area contributed by atoms with Crippen molar-refractivity contribution in [3.63, 3.8) is 0 Å². The monoisotopic (exact) mass is 288 g/mol. The largest absolute Gasteiger partial charge is 0.375 e. The summed E-state index contributed by atoms with van der Waals surface area (Å²) in [6.07, 6.45) is 1.42. The number of aromatic nitrogens is 4. The van der Waals surface area contributed by atoms with E-state index in [4.69, 9.17) is 5.73 Å². The van der Waals surface area contributed by atoms with Gasteiger partial charge >= 0.3 is 0 Å². The Morgan fingerprint density at radius 2 is 2.35 bits per heavy atom. The van der Waals surface area contributed by atoms with Crippen molar-refractivity contribution in [2.24, 2.45) is 0 Å². The summed E-state index contributed by atoms with van der Waals surface area (Å²) in [7, 11) is 1.72. The lowest BCUT2D eigenvalue weighted by Gasteiger charge is -2.15. The molecule has 20 heavy (non-hydrogen) atoms. The number of nitrogens with one attached hydrogen (secondary N) is 1. The summed E-state index contributed by atoms with van der Waals surface area (Å²) in [5, 5.41) is 6.98. The molecule has 0 spiro atoms. The second-order valence-electron chi connectivity index (χ2n) is 4.33. The third kappa shape index (κ3) is 2.32. The molecule has 0 fully saturated rings. The van der Waals surface area contributed by atoms with Gasteiger partial charge in [0.2, 0.25) is 0 Å². The fourth-order valence-electron chi connectivity index (χ4n) is 1.90. The standard InChI is InChI=1S/C12H12N6OS/c1-18(5-10-14-6-15-17-10)11(19)7-2-3-8-9(4-7)20-12(13)16-8/h2-4,6H,5H2,1H3,(H2,13,16)(H,14,15,17). The first-order valence-electron chi connectivity index (χ1n) is 5.89. The van der Waals surface area contributed by atoms with Crippen molar-refractivity contribution in [1.82, 2.24) is 25.1 Å². The molecule has 102 valence electrons. The summed E-state index contributed by atoms with van der Waals surface area (Å²) >= 11 is 1.37. The lowest BCUT2D eigenvalue weighted by atomic mass is 10.2. The maximum absolute atomic E-state index is 12.3. The normalized spacial score (nSPS) is 10.8. The smallest absolute Gasteiger partial charge is 0.254 e. The molecule has 0 aliphatic carbocycles. The molecule has 8 heteroatoms. The molecule has 1 aromatic carbocycles. The number of carbonyl (C=O) groups is 1. The van der Waals surface area contributed by atoms with E-state index in [2.05, 4.69) is 20.2 Å². The first kappa shape index (κ1) is 12.5. The Labute approximate surface area is 118 Å². The highest BCUT2D eigenvalue weighted by Gasteiger charge is 2.14. The van der Waals surface area contributed by atoms with Crippen molar-refractivity contribution in [3.8, 4) is 0 Å². The minimum absolute atomic E-state index is 0.0877. The first-order valence-corrected chi connectivity index (χ1v) is 6.71. The van der Waals surface area contributed by atoms with Gasteiger partial charge in [-0.05, 0) is 18.2 Å². The van der Waals surface area contributed by atoms with Gasteiger partial charge in [0.05, 0.1) is 16.8 Å². The van der Waals surface area contributed by atoms with Crippen LogP contribution in [-0.2, 0) is 6.54 Å². The predicted octanol–water partition coefficient (Wildman–Crippen LogP) is 1.27. The molecular formula is C12H12N6OS. The van der Waals surface area contributed by atoms with Crippen molar-refractivity contribution in [2.75, 3.05) is 12.8 Å². The summed E-state index contributed by atoms with van der Waals surface area (Å²) in [5.74, 6) is 0.555. The van der Waals surface area contributed by atoms with Crippen LogP contribution >= 0.6 is 11.3 Å². The number of thiazole rings is 1. The molecule has 0 bridgehead atoms. The molecule has 7 nitrogen and oxygen atoms in total. The van der Waals surface area contributed by atoms with Gasteiger partial charge in [0, 0.05) is 12.6 Å². The van der Waals surface area contributed by atoms with Crippen molar-refractivity contribution in [3.05, 3.63) is 35.9 Å². The first-order chi connectivity index (χ1) is 9.63. The van der Waals surface area contributed by atoms with E-state index in [1.807, 2.05) is 6.07 Å². The van der Waals surface area contributed by atoms with Gasteiger partial charge in [-0.2, -0.15) is 5.10 Å². The number of aromatic amines is 1. The minimum atomic E-state index is -0.0877. The Kier molecular flexibility index (Phi) is 3.07. The molecule has 2 aromatic heterocycles. The average Bonchev–Trinajstić information content (AvgIpc) is 3.04. The SMILES string of the molecule is CN(Cc1ncn[nH]1)C(=O)c1ccc2nc(N)sc2c1. The van der Waals surface area contributed by atoms with E-state index in [0.29, 0.717) is 23.1 Å². The number of benzene rings is 1. The van der Waals surface area contributed by atoms with E-state index in [0.717, 1.165) is 10.2 Å². The number of H-pyrrole nitrogens is 1. The highest BCUT2D eigenvalue weighted by atomic mass is 32.1. The van der Waals surface area contributed by atoms with Crippen molar-refractivity contribution in [1.29, 1.82) is 0 Å². The molecule has 2 heterocycles. The third-order valence-electron chi connectivity index (χ3n) is 2.85. The Morgan fingerprint density at radius 1 is 1.50 bits per heavy atom. The van der Waals surface area contributed by atoms with E-state index in [-0.39, 0.29) is 5.91 Å². The molecular weight excluding hydrogens is 276 g/mol. The summed E-state index contributed by atoms with van der Waals surface area (Å²) in [6, 6.07) is 5.36. The summed E-state index contributed by atoms with van der Waals surface area (Å²) in [4.78, 5) is 22.1. The second-order valence-corrected chi connectivity index (χ2v) is 5.39. The zero-order valence-corrected chi connectivity index (χ0v) is 11.5. The van der Waals surface area contributed by atoms with Crippen LogP contribution in [0.3, 0.4) is 0 Å². The molecule has 3 aromatic rings. The lowest BCUT2D eigenvalue weighted by molar-refractivity contribution is 0.0782. The zero-order chi connectivity index (χ0) is 14.1. The molecule has 0 saturated heterocycles. The van der Waals surface area contributed by atoms with E-state index in [9.17, 15) is 4.79 Å². The van der Waals surface area contributed by atoms with Gasteiger partial charge in [-0.15, -0.1) is 0 Å². The number of nitrogens with two attached hydrogens (primary N) is 1. The number of amides is 1. The number of nitrogens with zero attached hydrogens (tertiary/aromatic N) is 4. The van der Waals surface area contributed by atoms with E-state index in [1.54, 1.807) is 24.1 Å². The van der Waals surface area contributed by atoms with E-state index >= 15 is 0 Å². The summed E-state index contributed by atoms with van der Waals surface area (Å²) < 4.78 is 0.904. The zero-order valence-electron chi connectivity index (χ0n) is 10.7. The van der Waals surface area contributed by atoms with E-state index < -0.39 is 0 Å². The number of carbonyl (C=O) groups excluding carboxylic acids is 1. The van der Waals surface area contributed by atoms with Crippen LogP contribution in [0.15, 0.2) is 24.5 Å². The maximum atomic E-state index is 12.3. The third-order valence-corrected chi connectivity index (χ3v) is 3.70. The molecule has 0 radical (unpaired) electrons. The summed E-state index contributed by atoms with van der Waals surface area (Å²) in [5.41, 5.74) is 7.07. The van der Waals surface area contributed by atoms with Gasteiger partial charge in [-0.1, -0.05) is 11.3 Å². The molecule has 3 rings (SSSR count). The fourth-order valence-corrected chi connectivity index (χ4v) is 2.67. The van der Waals surface area contributed by atoms with Gasteiger partial charge in [0.15, 0.2) is 5.13 Å². The number of anilines is 1.